The van der Waals surface area contributed by atoms with E-state index < -0.39 is 11.9 Å². The SMILES string of the molecule is CC(=O)[O-].CC(=O)[O-].CC1CCNC2CCCCC2NC(C)CCNC2CCCCC2N1.[Zn+2]. The van der Waals surface area contributed by atoms with E-state index in [4.69, 9.17) is 19.8 Å². The normalized spacial score (nSPS) is 33.0. The topological polar surface area (TPSA) is 128 Å². The first-order valence-corrected chi connectivity index (χ1v) is 12.5. The minimum Gasteiger partial charge on any atom is -0.550 e. The van der Waals surface area contributed by atoms with Gasteiger partial charge in [-0.05, 0) is 79.3 Å². The second-order valence-corrected chi connectivity index (χ2v) is 9.60. The molecular formula is C24H46N4O4Zn. The Bertz CT molecular complexity index is 487. The Labute approximate surface area is 213 Å². The largest absolute Gasteiger partial charge is 2.00 e. The fraction of sp³-hybridized carbons (Fsp3) is 0.917. The molecule has 0 spiro atoms. The monoisotopic (exact) mass is 518 g/mol. The van der Waals surface area contributed by atoms with E-state index in [1.807, 2.05) is 0 Å². The minimum absolute atomic E-state index is 0. The summed E-state index contributed by atoms with van der Waals surface area (Å²) >= 11 is 0. The molecule has 3 rings (SSSR count). The van der Waals surface area contributed by atoms with Crippen molar-refractivity contribution in [2.75, 3.05) is 13.1 Å². The number of hydrogen-bond acceptors (Lipinski definition) is 8. The summed E-state index contributed by atoms with van der Waals surface area (Å²) in [7, 11) is 0. The Morgan fingerprint density at radius 1 is 0.606 bits per heavy atom. The molecule has 0 aromatic carbocycles. The zero-order valence-electron chi connectivity index (χ0n) is 21.3. The number of rotatable bonds is 0. The summed E-state index contributed by atoms with van der Waals surface area (Å²) in [5, 5.41) is 33.4. The van der Waals surface area contributed by atoms with Gasteiger partial charge in [0.05, 0.1) is 0 Å². The number of hydrogen-bond donors (Lipinski definition) is 4. The predicted molar refractivity (Wildman–Crippen MR) is 124 cm³/mol. The maximum absolute atomic E-state index is 8.89. The molecule has 2 saturated carbocycles. The first-order valence-electron chi connectivity index (χ1n) is 12.5. The first kappa shape index (κ1) is 32.4. The summed E-state index contributed by atoms with van der Waals surface area (Å²) in [6.45, 7) is 8.99. The van der Waals surface area contributed by atoms with E-state index in [9.17, 15) is 0 Å². The molecule has 1 heterocycles. The van der Waals surface area contributed by atoms with E-state index in [-0.39, 0.29) is 19.5 Å². The van der Waals surface area contributed by atoms with Crippen molar-refractivity contribution in [1.29, 1.82) is 0 Å². The Kier molecular flexibility index (Phi) is 18.4. The van der Waals surface area contributed by atoms with Gasteiger partial charge in [-0.3, -0.25) is 0 Å². The molecule has 0 amide bonds. The maximum atomic E-state index is 8.89. The molecule has 0 bridgehead atoms. The smallest absolute Gasteiger partial charge is 0.550 e. The summed E-state index contributed by atoms with van der Waals surface area (Å²) in [5.41, 5.74) is 0. The number of nitrogens with one attached hydrogen (secondary N) is 4. The molecule has 188 valence electrons. The van der Waals surface area contributed by atoms with E-state index in [0.717, 1.165) is 26.9 Å². The predicted octanol–water partition coefficient (Wildman–Crippen LogP) is 0.0479. The summed E-state index contributed by atoms with van der Waals surface area (Å²) in [5.74, 6) is -2.17. The van der Waals surface area contributed by atoms with E-state index in [1.54, 1.807) is 0 Å². The van der Waals surface area contributed by atoms with Crippen LogP contribution in [0.25, 0.3) is 0 Å². The van der Waals surface area contributed by atoms with Crippen LogP contribution in [0.4, 0.5) is 0 Å². The van der Waals surface area contributed by atoms with Crippen LogP contribution in [-0.2, 0) is 29.1 Å². The first-order chi connectivity index (χ1) is 15.2. The molecule has 4 N–H and O–H groups in total. The molecule has 8 nitrogen and oxygen atoms in total. The summed E-state index contributed by atoms with van der Waals surface area (Å²) < 4.78 is 0. The number of aliphatic carboxylic acids is 2. The number of carboxylic acids is 2. The average molecular weight is 520 g/mol. The van der Waals surface area contributed by atoms with Crippen molar-refractivity contribution >= 4 is 11.9 Å². The standard InChI is InChI=1S/C20H40N4.2C2H4O2.Zn/c1-15-11-13-21-18-8-4-6-10-20(18)24-16(2)12-14-22-17-7-3-5-9-19(17)23-15;2*1-2(3)4;/h15-24H,3-14H2,1-2H3;2*1H3,(H,3,4);/q;;;+2/p-2. The van der Waals surface area contributed by atoms with Crippen LogP contribution in [0.15, 0.2) is 0 Å². The van der Waals surface area contributed by atoms with Gasteiger partial charge in [0, 0.05) is 48.2 Å². The fourth-order valence-corrected chi connectivity index (χ4v) is 5.02. The molecule has 3 aliphatic rings. The van der Waals surface area contributed by atoms with Crippen molar-refractivity contribution in [3.63, 3.8) is 0 Å². The van der Waals surface area contributed by atoms with Crippen molar-refractivity contribution < 1.29 is 39.3 Å². The quantitative estimate of drug-likeness (QED) is 0.330. The number of carbonyl (C=O) groups excluding carboxylic acids is 2. The van der Waals surface area contributed by atoms with Crippen LogP contribution in [0.1, 0.15) is 91.9 Å². The maximum Gasteiger partial charge on any atom is 2.00 e. The molecule has 2 aliphatic carbocycles. The zero-order valence-corrected chi connectivity index (χ0v) is 24.3. The van der Waals surface area contributed by atoms with Crippen LogP contribution >= 0.6 is 0 Å². The zero-order chi connectivity index (χ0) is 23.9. The molecule has 6 unspecified atom stereocenters. The molecule has 0 aromatic heterocycles. The third kappa shape index (κ3) is 15.8. The van der Waals surface area contributed by atoms with Crippen LogP contribution in [0.5, 0.6) is 0 Å². The molecule has 0 radical (unpaired) electrons. The molecule has 0 aromatic rings. The average Bonchev–Trinajstić information content (AvgIpc) is 2.69. The molecule has 6 atom stereocenters. The second-order valence-electron chi connectivity index (χ2n) is 9.60. The van der Waals surface area contributed by atoms with Crippen molar-refractivity contribution in [1.82, 2.24) is 21.3 Å². The van der Waals surface area contributed by atoms with E-state index >= 15 is 0 Å². The van der Waals surface area contributed by atoms with E-state index in [2.05, 4.69) is 35.1 Å². The van der Waals surface area contributed by atoms with Crippen molar-refractivity contribution in [3.8, 4) is 0 Å². The third-order valence-corrected chi connectivity index (χ3v) is 6.50. The van der Waals surface area contributed by atoms with Crippen LogP contribution in [0.3, 0.4) is 0 Å². The number of carboxylic acid groups (broad SMARTS) is 2. The van der Waals surface area contributed by atoms with Gasteiger partial charge in [0.1, 0.15) is 0 Å². The van der Waals surface area contributed by atoms with Gasteiger partial charge in [0.25, 0.3) is 0 Å². The Hall–Kier alpha value is -0.597. The summed E-state index contributed by atoms with van der Waals surface area (Å²) in [6, 6.07) is 3.91. The molecular weight excluding hydrogens is 474 g/mol. The van der Waals surface area contributed by atoms with Crippen LogP contribution in [0, 0.1) is 0 Å². The Morgan fingerprint density at radius 3 is 1.18 bits per heavy atom. The van der Waals surface area contributed by atoms with Gasteiger partial charge in [-0.25, -0.2) is 0 Å². The Morgan fingerprint density at radius 2 is 0.879 bits per heavy atom. The van der Waals surface area contributed by atoms with Crippen molar-refractivity contribution in [3.05, 3.63) is 0 Å². The van der Waals surface area contributed by atoms with Gasteiger partial charge < -0.3 is 41.1 Å². The third-order valence-electron chi connectivity index (χ3n) is 6.50. The molecule has 3 fully saturated rings. The van der Waals surface area contributed by atoms with Crippen LogP contribution in [-0.4, -0.2) is 61.3 Å². The minimum atomic E-state index is -1.08. The van der Waals surface area contributed by atoms with Crippen LogP contribution in [0.2, 0.25) is 0 Å². The van der Waals surface area contributed by atoms with E-state index in [0.29, 0.717) is 36.3 Å². The summed E-state index contributed by atoms with van der Waals surface area (Å²) in [4.78, 5) is 17.8. The van der Waals surface area contributed by atoms with Gasteiger partial charge in [-0.1, -0.05) is 25.7 Å². The van der Waals surface area contributed by atoms with Gasteiger partial charge in [-0.15, -0.1) is 0 Å². The molecule has 33 heavy (non-hydrogen) atoms. The van der Waals surface area contributed by atoms with Crippen molar-refractivity contribution in [2.24, 2.45) is 0 Å². The van der Waals surface area contributed by atoms with Gasteiger partial charge in [0.15, 0.2) is 0 Å². The van der Waals surface area contributed by atoms with Gasteiger partial charge in [-0.2, -0.15) is 0 Å². The molecule has 1 saturated heterocycles. The Balaban J connectivity index is 0.000000991. The van der Waals surface area contributed by atoms with Gasteiger partial charge >= 0.3 is 19.5 Å². The number of carbonyl (C=O) groups is 2. The fourth-order valence-electron chi connectivity index (χ4n) is 5.02. The van der Waals surface area contributed by atoms with Gasteiger partial charge in [0.2, 0.25) is 0 Å². The van der Waals surface area contributed by atoms with E-state index in [1.165, 1.54) is 64.2 Å². The van der Waals surface area contributed by atoms with Crippen molar-refractivity contribution in [2.45, 2.75) is 128 Å². The molecule has 9 heteroatoms. The summed E-state index contributed by atoms with van der Waals surface area (Å²) in [6.07, 6.45) is 13.4. The second kappa shape index (κ2) is 18.7. The number of fused-ring (bicyclic) bond motifs is 2. The molecule has 1 aliphatic heterocycles. The van der Waals surface area contributed by atoms with Crippen LogP contribution < -0.4 is 31.5 Å².